The molecule has 4 rings (SSSR count). The lowest BCUT2D eigenvalue weighted by Crippen LogP contribution is -2.36. The van der Waals surface area contributed by atoms with Crippen LogP contribution >= 0.6 is 0 Å². The first kappa shape index (κ1) is 11.2. The molecule has 0 N–H and O–H groups in total. The average molecular weight is 490 g/mol. The third kappa shape index (κ3) is 6.01. The molecule has 1 aliphatic carbocycles. The first-order valence-electron chi connectivity index (χ1n) is 19.3. The van der Waals surface area contributed by atoms with Crippen LogP contribution in [-0.4, -0.2) is 23.6 Å². The Balaban J connectivity index is 1.83. The molecule has 0 aromatic heterocycles. The van der Waals surface area contributed by atoms with Crippen molar-refractivity contribution in [2.24, 2.45) is 5.16 Å². The number of benzene rings is 2. The van der Waals surface area contributed by atoms with Gasteiger partial charge in [-0.15, -0.1) is 0 Å². The Morgan fingerprint density at radius 3 is 2.71 bits per heavy atom. The summed E-state index contributed by atoms with van der Waals surface area (Å²) >= 11 is 0. The molecule has 2 aromatic rings. The van der Waals surface area contributed by atoms with Crippen LogP contribution in [0.1, 0.15) is 115 Å². The number of alkyl halides is 3. The van der Waals surface area contributed by atoms with Crippen LogP contribution in [0.5, 0.6) is 0 Å². The van der Waals surface area contributed by atoms with E-state index in [0.29, 0.717) is 31.0 Å². The van der Waals surface area contributed by atoms with E-state index in [4.69, 9.17) is 28.1 Å². The lowest BCUT2D eigenvalue weighted by Gasteiger charge is -2.31. The van der Waals surface area contributed by atoms with Gasteiger partial charge >= 0.3 is 6.18 Å². The molecule has 2 fully saturated rings. The second kappa shape index (κ2) is 10.9. The van der Waals surface area contributed by atoms with Crippen LogP contribution in [-0.2, 0) is 30.4 Å². The summed E-state index contributed by atoms with van der Waals surface area (Å²) in [4.78, 5) is 4.91. The van der Waals surface area contributed by atoms with Crippen LogP contribution in [0.25, 0.3) is 0 Å². The minimum Gasteiger partial charge on any atom is -0.391 e. The summed E-state index contributed by atoms with van der Waals surface area (Å²) in [5.74, 6) is -0.400. The molecule has 0 unspecified atom stereocenters. The maximum atomic E-state index is 14.2. The molecule has 1 aliphatic heterocycles. The maximum absolute atomic E-state index is 14.2. The molecular formula is C28H35F3N2O. The summed E-state index contributed by atoms with van der Waals surface area (Å²) in [5.41, 5.74) is -5.53. The minimum atomic E-state index is -4.87. The number of oxime groups is 1. The van der Waals surface area contributed by atoms with Gasteiger partial charge in [0.15, 0.2) is 0 Å². The van der Waals surface area contributed by atoms with Gasteiger partial charge in [-0.1, -0.05) is 55.5 Å². The van der Waals surface area contributed by atoms with Crippen LogP contribution in [0.4, 0.5) is 13.2 Å². The molecule has 34 heavy (non-hydrogen) atoms. The van der Waals surface area contributed by atoms with Crippen molar-refractivity contribution >= 4 is 5.71 Å². The van der Waals surface area contributed by atoms with E-state index in [1.54, 1.807) is 0 Å². The minimum absolute atomic E-state index is 0.01000. The predicted molar refractivity (Wildman–Crippen MR) is 130 cm³/mol. The zero-order chi connectivity index (χ0) is 39.0. The summed E-state index contributed by atoms with van der Waals surface area (Å²) in [6.45, 7) is -19.3. The first-order chi connectivity index (χ1) is 22.9. The van der Waals surface area contributed by atoms with Crippen molar-refractivity contribution in [2.75, 3.05) is 13.0 Å². The zero-order valence-electron chi connectivity index (χ0n) is 35.1. The van der Waals surface area contributed by atoms with E-state index in [1.165, 1.54) is 0 Å². The summed E-state index contributed by atoms with van der Waals surface area (Å²) in [6.07, 6.45) is -7.10. The summed E-state index contributed by atoms with van der Waals surface area (Å²) in [6, 6.07) is 4.83. The molecule has 1 saturated heterocycles. The van der Waals surface area contributed by atoms with Crippen LogP contribution in [0.15, 0.2) is 41.6 Å². The van der Waals surface area contributed by atoms with Gasteiger partial charge in [-0.2, -0.15) is 13.2 Å². The fourth-order valence-corrected chi connectivity index (χ4v) is 4.02. The molecule has 3 nitrogen and oxygen atoms in total. The standard InChI is InChI=1S/C28H35F3N2O/c1-3-22-17-24(11-12-25(22)18-33-14-7-15-33)20(2)32-34-19-21-10-13-26(23-8-5-4-6-9-23)27(16-21)28(29,30)31/h10-13,16-17,23H,3-9,14-15,18-19H2,1-2H3/b32-20+/i1D3,2D3,3D2,7D,14D2,15D2,18D2,19D2. The van der Waals surface area contributed by atoms with Gasteiger partial charge in [0.05, 0.1) is 14.0 Å². The van der Waals surface area contributed by atoms with Crippen LogP contribution in [0.3, 0.4) is 0 Å². The van der Waals surface area contributed by atoms with Crippen LogP contribution < -0.4 is 0 Å². The van der Waals surface area contributed by atoms with E-state index >= 15 is 0 Å². The second-order valence-electron chi connectivity index (χ2n) is 8.00. The number of halogens is 3. The third-order valence-electron chi connectivity index (χ3n) is 5.75. The van der Waals surface area contributed by atoms with Gasteiger partial charge in [0.25, 0.3) is 0 Å². The van der Waals surface area contributed by atoms with Crippen molar-refractivity contribution in [1.82, 2.24) is 4.90 Å². The lowest BCUT2D eigenvalue weighted by molar-refractivity contribution is -0.138. The Bertz CT molecular complexity index is 1630. The number of aryl methyl sites for hydroxylation is 1. The van der Waals surface area contributed by atoms with Crippen molar-refractivity contribution < 1.29 is 41.3 Å². The monoisotopic (exact) mass is 489 g/mol. The molecule has 0 atom stereocenters. The lowest BCUT2D eigenvalue weighted by atomic mass is 9.81. The first-order valence-corrected chi connectivity index (χ1v) is 10.8. The molecular weight excluding hydrogens is 437 g/mol. The molecule has 1 saturated carbocycles. The molecule has 184 valence electrons. The largest absolute Gasteiger partial charge is 0.416 e. The number of likely N-dealkylation sites (tertiary alicyclic amines) is 1. The van der Waals surface area contributed by atoms with Gasteiger partial charge in [0.2, 0.25) is 0 Å². The fraction of sp³-hybridized carbons (Fsp3) is 0.536. The normalized spacial score (nSPS) is 31.0. The molecule has 0 spiro atoms. The Morgan fingerprint density at radius 1 is 1.15 bits per heavy atom. The van der Waals surface area contributed by atoms with Crippen molar-refractivity contribution in [1.29, 1.82) is 0 Å². The van der Waals surface area contributed by atoms with Gasteiger partial charge in [0, 0.05) is 27.1 Å². The van der Waals surface area contributed by atoms with Crippen molar-refractivity contribution in [3.63, 3.8) is 0 Å². The average Bonchev–Trinajstić information content (AvgIpc) is 2.98. The fourth-order valence-electron chi connectivity index (χ4n) is 4.02. The quantitative estimate of drug-likeness (QED) is 0.284. The third-order valence-corrected chi connectivity index (χ3v) is 5.75. The summed E-state index contributed by atoms with van der Waals surface area (Å²) in [7, 11) is 0. The Hall–Kier alpha value is -2.34. The molecule has 0 amide bonds. The zero-order valence-corrected chi connectivity index (χ0v) is 18.1. The molecule has 2 aliphatic rings. The molecule has 1 heterocycles. The van der Waals surface area contributed by atoms with E-state index in [1.807, 2.05) is 0 Å². The Morgan fingerprint density at radius 2 is 1.97 bits per heavy atom. The number of hydrogen-bond acceptors (Lipinski definition) is 3. The van der Waals surface area contributed by atoms with E-state index in [0.717, 1.165) is 37.5 Å². The van der Waals surface area contributed by atoms with Crippen LogP contribution in [0.2, 0.25) is 0 Å². The van der Waals surface area contributed by atoms with E-state index in [-0.39, 0.29) is 10.5 Å². The highest BCUT2D eigenvalue weighted by molar-refractivity contribution is 5.98. The SMILES string of the molecule is [2H]C1C([2H])([2H])N(C([2H])([2H])c2ccc(/C(=N/OC([2H])([2H])c3ccc(C4CCCCC4)c(C(F)(F)F)c3)C([2H])([2H])[2H])cc2C([2H])([2H])C([2H])([2H])[2H])C1([2H])[2H]. The topological polar surface area (TPSA) is 24.8 Å². The van der Waals surface area contributed by atoms with E-state index < -0.39 is 98.1 Å². The van der Waals surface area contributed by atoms with Gasteiger partial charge in [-0.3, -0.25) is 4.90 Å². The van der Waals surface area contributed by atoms with Crippen molar-refractivity contribution in [3.8, 4) is 0 Å². The predicted octanol–water partition coefficient (Wildman–Crippen LogP) is 7.46. The van der Waals surface area contributed by atoms with E-state index in [2.05, 4.69) is 5.16 Å². The number of nitrogens with zero attached hydrogens (tertiary/aromatic N) is 2. The molecule has 2 aromatic carbocycles. The van der Waals surface area contributed by atoms with Gasteiger partial charge in [-0.05, 0) is 91.3 Å². The Kier molecular flexibility index (Phi) is 3.59. The molecule has 6 heteroatoms. The van der Waals surface area contributed by atoms with E-state index in [9.17, 15) is 13.2 Å². The maximum Gasteiger partial charge on any atom is 0.416 e. The van der Waals surface area contributed by atoms with Crippen molar-refractivity contribution in [3.05, 3.63) is 69.8 Å². The number of hydrogen-bond donors (Lipinski definition) is 0. The van der Waals surface area contributed by atoms with Crippen molar-refractivity contribution in [2.45, 2.75) is 83.7 Å². The van der Waals surface area contributed by atoms with Crippen LogP contribution in [0, 0.1) is 0 Å². The molecule has 0 radical (unpaired) electrons. The highest BCUT2D eigenvalue weighted by atomic mass is 19.4. The van der Waals surface area contributed by atoms with Gasteiger partial charge in [-0.25, -0.2) is 0 Å². The second-order valence-corrected chi connectivity index (χ2v) is 8.00. The Labute approximate surface area is 224 Å². The smallest absolute Gasteiger partial charge is 0.391 e. The summed E-state index contributed by atoms with van der Waals surface area (Å²) in [5, 5.41) is 3.40. The van der Waals surface area contributed by atoms with Gasteiger partial charge in [0.1, 0.15) is 6.56 Å². The number of rotatable bonds is 8. The summed E-state index contributed by atoms with van der Waals surface area (Å²) < 4.78 is 181. The molecule has 0 bridgehead atoms. The van der Waals surface area contributed by atoms with Gasteiger partial charge < -0.3 is 4.84 Å². The highest BCUT2D eigenvalue weighted by Crippen LogP contribution is 2.41. The highest BCUT2D eigenvalue weighted by Gasteiger charge is 2.35.